The highest BCUT2D eigenvalue weighted by Gasteiger charge is 2.34. The van der Waals surface area contributed by atoms with Gasteiger partial charge in [0.05, 0.1) is 31.0 Å². The van der Waals surface area contributed by atoms with Crippen LogP contribution in [0.4, 0.5) is 5.69 Å². The quantitative estimate of drug-likeness (QED) is 0.227. The number of aliphatic imine (C=N–C) groups is 1. The van der Waals surface area contributed by atoms with Crippen molar-refractivity contribution in [2.24, 2.45) is 4.99 Å². The van der Waals surface area contributed by atoms with E-state index in [1.165, 1.54) is 4.90 Å². The lowest BCUT2D eigenvalue weighted by atomic mass is 9.94. The molecule has 0 saturated carbocycles. The first-order valence-electron chi connectivity index (χ1n) is 16.5. The molecule has 0 aromatic heterocycles. The summed E-state index contributed by atoms with van der Waals surface area (Å²) in [6.45, 7) is 7.59. The topological polar surface area (TPSA) is 95.0 Å². The Balaban J connectivity index is 0.829. The molecule has 10 nitrogen and oxygen atoms in total. The smallest absolute Gasteiger partial charge is 0.261 e. The number of hydrogen-bond donors (Lipinski definition) is 0. The number of rotatable bonds is 11. The van der Waals surface area contributed by atoms with Gasteiger partial charge in [-0.1, -0.05) is 24.3 Å². The summed E-state index contributed by atoms with van der Waals surface area (Å²) in [5.74, 6) is 0.819. The van der Waals surface area contributed by atoms with Gasteiger partial charge in [-0.15, -0.1) is 0 Å². The number of imide groups is 1. The predicted octanol–water partition coefficient (Wildman–Crippen LogP) is 4.63. The van der Waals surface area contributed by atoms with Crippen molar-refractivity contribution >= 4 is 40.4 Å². The van der Waals surface area contributed by atoms with Crippen molar-refractivity contribution in [1.82, 2.24) is 19.6 Å². The molecular weight excluding hydrogens is 582 g/mol. The predicted molar refractivity (Wildman–Crippen MR) is 177 cm³/mol. The summed E-state index contributed by atoms with van der Waals surface area (Å²) in [4.78, 5) is 52.3. The minimum absolute atomic E-state index is 0.0105. The molecule has 2 saturated heterocycles. The second-order valence-corrected chi connectivity index (χ2v) is 12.6. The molecule has 4 aliphatic heterocycles. The average Bonchev–Trinajstić information content (AvgIpc) is 3.52. The number of fused-ring (bicyclic) bond motifs is 2. The fraction of sp³-hybridized carbons (Fsp3) is 0.444. The highest BCUT2D eigenvalue weighted by Crippen LogP contribution is 2.38. The Morgan fingerprint density at radius 2 is 1.46 bits per heavy atom. The first-order valence-corrected chi connectivity index (χ1v) is 16.5. The van der Waals surface area contributed by atoms with Gasteiger partial charge in [0, 0.05) is 68.1 Å². The van der Waals surface area contributed by atoms with E-state index in [2.05, 4.69) is 14.8 Å². The summed E-state index contributed by atoms with van der Waals surface area (Å²) in [6.07, 6.45) is 6.54. The lowest BCUT2D eigenvalue weighted by Gasteiger charge is -2.35. The SMILES string of the molecule is COc1cc2c(cc1OCCCCN1CCN(CCCN3C(=O)c4cccc5cccc(c45)C3=O)CC1)N=C[C@@H]1CCCN1C2=O. The summed E-state index contributed by atoms with van der Waals surface area (Å²) in [7, 11) is 1.60. The van der Waals surface area contributed by atoms with Crippen LogP contribution in [0.25, 0.3) is 10.8 Å². The van der Waals surface area contributed by atoms with Gasteiger partial charge in [-0.2, -0.15) is 0 Å². The number of methoxy groups -OCH3 is 1. The van der Waals surface area contributed by atoms with Crippen LogP contribution in [0.5, 0.6) is 11.5 Å². The van der Waals surface area contributed by atoms with Crippen molar-refractivity contribution in [2.75, 3.05) is 66.1 Å². The van der Waals surface area contributed by atoms with Gasteiger partial charge in [-0.3, -0.25) is 24.3 Å². The summed E-state index contributed by atoms with van der Waals surface area (Å²) < 4.78 is 11.7. The maximum atomic E-state index is 13.2. The van der Waals surface area contributed by atoms with Crippen LogP contribution in [-0.4, -0.2) is 116 Å². The molecule has 0 radical (unpaired) electrons. The second kappa shape index (κ2) is 13.2. The monoisotopic (exact) mass is 623 g/mol. The molecule has 4 heterocycles. The molecule has 7 rings (SSSR count). The zero-order chi connectivity index (χ0) is 31.6. The number of carbonyl (C=O) groups is 3. The van der Waals surface area contributed by atoms with Crippen molar-refractivity contribution in [3.8, 4) is 11.5 Å². The van der Waals surface area contributed by atoms with Crippen molar-refractivity contribution in [2.45, 2.75) is 38.1 Å². The van der Waals surface area contributed by atoms with Crippen LogP contribution in [0, 0.1) is 0 Å². The third-order valence-corrected chi connectivity index (χ3v) is 9.76. The maximum Gasteiger partial charge on any atom is 0.261 e. The number of amides is 3. The maximum absolute atomic E-state index is 13.2. The minimum Gasteiger partial charge on any atom is -0.493 e. The van der Waals surface area contributed by atoms with Crippen molar-refractivity contribution < 1.29 is 23.9 Å². The highest BCUT2D eigenvalue weighted by molar-refractivity contribution is 6.25. The molecule has 0 bridgehead atoms. The average molecular weight is 624 g/mol. The number of piperazine rings is 1. The van der Waals surface area contributed by atoms with Crippen molar-refractivity contribution in [3.63, 3.8) is 0 Å². The molecule has 3 aromatic rings. The number of unbranched alkanes of at least 4 members (excludes halogenated alkanes) is 1. The number of carbonyl (C=O) groups excluding carboxylic acids is 3. The lowest BCUT2D eigenvalue weighted by molar-refractivity contribution is 0.0597. The molecule has 0 spiro atoms. The zero-order valence-corrected chi connectivity index (χ0v) is 26.5. The molecule has 0 N–H and O–H groups in total. The van der Waals surface area contributed by atoms with Gasteiger partial charge in [-0.25, -0.2) is 0 Å². The van der Waals surface area contributed by atoms with Crippen LogP contribution < -0.4 is 9.47 Å². The van der Waals surface area contributed by atoms with Gasteiger partial charge in [-0.05, 0) is 68.8 Å². The molecule has 46 heavy (non-hydrogen) atoms. The van der Waals surface area contributed by atoms with E-state index in [9.17, 15) is 14.4 Å². The summed E-state index contributed by atoms with van der Waals surface area (Å²) in [6, 6.07) is 15.0. The van der Waals surface area contributed by atoms with Gasteiger partial charge < -0.3 is 24.2 Å². The van der Waals surface area contributed by atoms with E-state index in [-0.39, 0.29) is 23.8 Å². The third-order valence-electron chi connectivity index (χ3n) is 9.76. The molecular formula is C36H41N5O5. The Morgan fingerprint density at radius 3 is 2.15 bits per heavy atom. The Labute approximate surface area is 269 Å². The fourth-order valence-corrected chi connectivity index (χ4v) is 7.21. The van der Waals surface area contributed by atoms with E-state index < -0.39 is 0 Å². The Morgan fingerprint density at radius 1 is 0.761 bits per heavy atom. The molecule has 240 valence electrons. The molecule has 3 aromatic carbocycles. The number of ether oxygens (including phenoxy) is 2. The molecule has 0 aliphatic carbocycles. The van der Waals surface area contributed by atoms with E-state index in [4.69, 9.17) is 9.47 Å². The van der Waals surface area contributed by atoms with E-state index in [0.29, 0.717) is 47.0 Å². The van der Waals surface area contributed by atoms with Crippen LogP contribution in [-0.2, 0) is 0 Å². The second-order valence-electron chi connectivity index (χ2n) is 12.6. The first kappa shape index (κ1) is 30.4. The van der Waals surface area contributed by atoms with Crippen LogP contribution in [0.3, 0.4) is 0 Å². The first-order chi connectivity index (χ1) is 22.5. The van der Waals surface area contributed by atoms with E-state index in [1.807, 2.05) is 53.6 Å². The Hall–Kier alpha value is -4.28. The molecule has 4 aliphatic rings. The molecule has 0 unspecified atom stereocenters. The van der Waals surface area contributed by atoms with Gasteiger partial charge in [0.15, 0.2) is 11.5 Å². The van der Waals surface area contributed by atoms with Gasteiger partial charge in [0.25, 0.3) is 17.7 Å². The van der Waals surface area contributed by atoms with Crippen LogP contribution in [0.1, 0.15) is 63.2 Å². The minimum atomic E-state index is -0.187. The number of benzene rings is 3. The van der Waals surface area contributed by atoms with E-state index in [1.54, 1.807) is 13.2 Å². The fourth-order valence-electron chi connectivity index (χ4n) is 7.21. The molecule has 3 amide bonds. The van der Waals surface area contributed by atoms with Crippen molar-refractivity contribution in [3.05, 3.63) is 65.2 Å². The van der Waals surface area contributed by atoms with Gasteiger partial charge in [0.2, 0.25) is 0 Å². The Kier molecular flexibility index (Phi) is 8.73. The standard InChI is InChI=1S/C36H41N5O5/c1-45-31-22-29-30(37-24-26-10-6-15-40(26)36(29)44)23-32(31)46-21-3-2-13-38-17-19-39(20-18-38)14-7-16-41-34(42)27-11-4-8-25-9-5-12-28(33(25)27)35(41)43/h4-5,8-9,11-12,22-24,26H,2-3,6-7,10,13-21H2,1H3/t26-/m0/s1. The summed E-state index contributed by atoms with van der Waals surface area (Å²) >= 11 is 0. The Bertz CT molecular complexity index is 1630. The zero-order valence-electron chi connectivity index (χ0n) is 26.5. The van der Waals surface area contributed by atoms with Crippen LogP contribution >= 0.6 is 0 Å². The summed E-state index contributed by atoms with van der Waals surface area (Å²) in [5, 5.41) is 1.71. The largest absolute Gasteiger partial charge is 0.493 e. The molecule has 10 heteroatoms. The third kappa shape index (κ3) is 5.87. The van der Waals surface area contributed by atoms with Gasteiger partial charge in [0.1, 0.15) is 0 Å². The van der Waals surface area contributed by atoms with Crippen molar-refractivity contribution in [1.29, 1.82) is 0 Å². The van der Waals surface area contributed by atoms with Gasteiger partial charge >= 0.3 is 0 Å². The highest BCUT2D eigenvalue weighted by atomic mass is 16.5. The lowest BCUT2D eigenvalue weighted by Crippen LogP contribution is -2.47. The van der Waals surface area contributed by atoms with Crippen LogP contribution in [0.15, 0.2) is 53.5 Å². The molecule has 1 atom stereocenters. The number of hydrogen-bond acceptors (Lipinski definition) is 8. The van der Waals surface area contributed by atoms with E-state index >= 15 is 0 Å². The summed E-state index contributed by atoms with van der Waals surface area (Å²) in [5.41, 5.74) is 2.45. The molecule has 2 fully saturated rings. The van der Waals surface area contributed by atoms with Crippen LogP contribution in [0.2, 0.25) is 0 Å². The normalized spacial score (nSPS) is 19.8. The number of nitrogens with zero attached hydrogens (tertiary/aromatic N) is 5. The van der Waals surface area contributed by atoms with E-state index in [0.717, 1.165) is 88.7 Å².